The minimum absolute atomic E-state index is 0.0279. The van der Waals surface area contributed by atoms with Gasteiger partial charge in [-0.25, -0.2) is 16.8 Å². The molecule has 4 rings (SSSR count). The second-order valence-electron chi connectivity index (χ2n) is 8.46. The van der Waals surface area contributed by atoms with Crippen LogP contribution in [0.5, 0.6) is 5.75 Å². The van der Waals surface area contributed by atoms with Crippen LogP contribution in [-0.4, -0.2) is 73.0 Å². The highest BCUT2D eigenvalue weighted by atomic mass is 35.5. The number of sulfonamides is 2. The average Bonchev–Trinajstić information content (AvgIpc) is 2.95. The molecule has 208 valence electrons. The van der Waals surface area contributed by atoms with Crippen molar-refractivity contribution in [1.29, 1.82) is 0 Å². The number of anilines is 1. The zero-order valence-corrected chi connectivity index (χ0v) is 23.3. The molecule has 3 aromatic carbocycles. The van der Waals surface area contributed by atoms with Crippen molar-refractivity contribution in [1.82, 2.24) is 9.62 Å². The molecule has 0 unspecified atom stereocenters. The Balaban J connectivity index is 1.34. The molecule has 1 saturated heterocycles. The van der Waals surface area contributed by atoms with Crippen LogP contribution in [0.15, 0.2) is 88.7 Å². The summed E-state index contributed by atoms with van der Waals surface area (Å²) in [6.07, 6.45) is 0. The van der Waals surface area contributed by atoms with Gasteiger partial charge in [0.25, 0.3) is 10.0 Å². The highest BCUT2D eigenvalue weighted by Gasteiger charge is 2.29. The number of carbonyl (C=O) groups is 1. The number of para-hydroxylation sites is 1. The van der Waals surface area contributed by atoms with Crippen LogP contribution < -0.4 is 14.4 Å². The van der Waals surface area contributed by atoms with E-state index in [1.165, 1.54) is 34.6 Å². The Labute approximate surface area is 233 Å². The lowest BCUT2D eigenvalue weighted by Crippen LogP contribution is -2.42. The molecule has 0 aromatic heterocycles. The summed E-state index contributed by atoms with van der Waals surface area (Å²) < 4.78 is 65.3. The molecule has 1 fully saturated rings. The van der Waals surface area contributed by atoms with E-state index >= 15 is 0 Å². The number of ether oxygens (including phenoxy) is 2. The van der Waals surface area contributed by atoms with E-state index in [0.29, 0.717) is 32.1 Å². The van der Waals surface area contributed by atoms with Crippen LogP contribution in [0.3, 0.4) is 0 Å². The lowest BCUT2D eigenvalue weighted by molar-refractivity contribution is -0.119. The summed E-state index contributed by atoms with van der Waals surface area (Å²) in [6, 6.07) is 20.2. The number of amides is 1. The smallest absolute Gasteiger partial charge is 0.264 e. The molecular formula is C26H28ClN3O7S2. The van der Waals surface area contributed by atoms with Crippen molar-refractivity contribution in [2.24, 2.45) is 0 Å². The fraction of sp³-hybridized carbons (Fsp3) is 0.269. The van der Waals surface area contributed by atoms with E-state index in [2.05, 4.69) is 5.32 Å². The molecule has 0 bridgehead atoms. The standard InChI is InChI=1S/C26H28ClN3O7S2/c27-24-8-4-5-9-25(24)30(39(34,35)22-6-2-1-3-7-22)20-26(31)28-14-17-37-21-10-12-23(13-11-21)38(32,33)29-15-18-36-19-16-29/h1-13H,14-20H2,(H,28,31). The van der Waals surface area contributed by atoms with Gasteiger partial charge in [0.15, 0.2) is 0 Å². The van der Waals surface area contributed by atoms with Gasteiger partial charge in [0, 0.05) is 13.1 Å². The van der Waals surface area contributed by atoms with Crippen LogP contribution in [0.1, 0.15) is 0 Å². The predicted octanol–water partition coefficient (Wildman–Crippen LogP) is 2.75. The second kappa shape index (κ2) is 12.8. The molecule has 10 nitrogen and oxygen atoms in total. The van der Waals surface area contributed by atoms with Crippen LogP contribution in [0.25, 0.3) is 0 Å². The van der Waals surface area contributed by atoms with Crippen molar-refractivity contribution in [2.45, 2.75) is 9.79 Å². The SMILES string of the molecule is O=C(CN(c1ccccc1Cl)S(=O)(=O)c1ccccc1)NCCOc1ccc(S(=O)(=O)N2CCOCC2)cc1. The Morgan fingerprint density at radius 3 is 2.21 bits per heavy atom. The van der Waals surface area contributed by atoms with Gasteiger partial charge in [-0.1, -0.05) is 41.9 Å². The third-order valence-corrected chi connectivity index (χ3v) is 9.87. The molecule has 1 aliphatic heterocycles. The van der Waals surface area contributed by atoms with E-state index in [0.717, 1.165) is 4.31 Å². The summed E-state index contributed by atoms with van der Waals surface area (Å²) in [6.45, 7) is 1.02. The van der Waals surface area contributed by atoms with Gasteiger partial charge in [0.2, 0.25) is 15.9 Å². The minimum Gasteiger partial charge on any atom is -0.492 e. The molecule has 1 N–H and O–H groups in total. The van der Waals surface area contributed by atoms with Gasteiger partial charge < -0.3 is 14.8 Å². The zero-order chi connectivity index (χ0) is 27.9. The van der Waals surface area contributed by atoms with Crippen LogP contribution >= 0.6 is 11.6 Å². The Morgan fingerprint density at radius 2 is 1.54 bits per heavy atom. The maximum atomic E-state index is 13.3. The second-order valence-corrected chi connectivity index (χ2v) is 12.7. The van der Waals surface area contributed by atoms with Gasteiger partial charge in [-0.2, -0.15) is 4.31 Å². The maximum absolute atomic E-state index is 13.3. The lowest BCUT2D eigenvalue weighted by atomic mass is 10.3. The molecule has 0 saturated carbocycles. The van der Waals surface area contributed by atoms with Gasteiger partial charge in [0.1, 0.15) is 18.9 Å². The zero-order valence-electron chi connectivity index (χ0n) is 20.9. The number of carbonyl (C=O) groups excluding carboxylic acids is 1. The highest BCUT2D eigenvalue weighted by molar-refractivity contribution is 7.93. The number of halogens is 1. The Kier molecular flexibility index (Phi) is 9.46. The first-order valence-corrected chi connectivity index (χ1v) is 15.4. The normalized spacial score (nSPS) is 14.5. The Morgan fingerprint density at radius 1 is 0.897 bits per heavy atom. The van der Waals surface area contributed by atoms with E-state index in [9.17, 15) is 21.6 Å². The number of morpholine rings is 1. The first-order chi connectivity index (χ1) is 18.7. The fourth-order valence-electron chi connectivity index (χ4n) is 3.86. The number of rotatable bonds is 11. The van der Waals surface area contributed by atoms with Crippen molar-refractivity contribution in [3.8, 4) is 5.75 Å². The summed E-state index contributed by atoms with van der Waals surface area (Å²) in [4.78, 5) is 12.9. The van der Waals surface area contributed by atoms with Crippen molar-refractivity contribution < 1.29 is 31.1 Å². The van der Waals surface area contributed by atoms with Gasteiger partial charge in [0.05, 0.1) is 40.3 Å². The van der Waals surface area contributed by atoms with E-state index < -0.39 is 32.5 Å². The quantitative estimate of drug-likeness (QED) is 0.339. The molecular weight excluding hydrogens is 566 g/mol. The van der Waals surface area contributed by atoms with Crippen molar-refractivity contribution in [3.05, 3.63) is 83.9 Å². The van der Waals surface area contributed by atoms with Crippen molar-refractivity contribution in [3.63, 3.8) is 0 Å². The molecule has 1 heterocycles. The number of nitrogens with zero attached hydrogens (tertiary/aromatic N) is 2. The summed E-state index contributed by atoms with van der Waals surface area (Å²) in [7, 11) is -7.68. The summed E-state index contributed by atoms with van der Waals surface area (Å²) in [5, 5.41) is 2.83. The first-order valence-electron chi connectivity index (χ1n) is 12.1. The maximum Gasteiger partial charge on any atom is 0.264 e. The predicted molar refractivity (Wildman–Crippen MR) is 147 cm³/mol. The Hall–Kier alpha value is -3.16. The largest absolute Gasteiger partial charge is 0.492 e. The Bertz CT molecular complexity index is 1480. The summed E-state index contributed by atoms with van der Waals surface area (Å²) >= 11 is 6.27. The third-order valence-electron chi connectivity index (χ3n) is 5.86. The molecule has 39 heavy (non-hydrogen) atoms. The van der Waals surface area contributed by atoms with Crippen LogP contribution in [0, 0.1) is 0 Å². The number of hydrogen-bond donors (Lipinski definition) is 1. The topological polar surface area (TPSA) is 122 Å². The molecule has 3 aromatic rings. The van der Waals surface area contributed by atoms with Gasteiger partial charge in [-0.3, -0.25) is 9.10 Å². The van der Waals surface area contributed by atoms with Gasteiger partial charge >= 0.3 is 0 Å². The van der Waals surface area contributed by atoms with Crippen molar-refractivity contribution >= 4 is 43.2 Å². The first kappa shape index (κ1) is 28.8. The monoisotopic (exact) mass is 593 g/mol. The van der Waals surface area contributed by atoms with Crippen LogP contribution in [0.4, 0.5) is 5.69 Å². The summed E-state index contributed by atoms with van der Waals surface area (Å²) in [5.41, 5.74) is 0.182. The number of hydrogen-bond acceptors (Lipinski definition) is 7. The average molecular weight is 594 g/mol. The lowest BCUT2D eigenvalue weighted by Gasteiger charge is -2.26. The molecule has 0 atom stereocenters. The van der Waals surface area contributed by atoms with E-state index in [1.54, 1.807) is 48.5 Å². The molecule has 0 aliphatic carbocycles. The molecule has 1 aliphatic rings. The van der Waals surface area contributed by atoms with Crippen LogP contribution in [-0.2, 0) is 29.6 Å². The van der Waals surface area contributed by atoms with E-state index in [4.69, 9.17) is 21.1 Å². The molecule has 0 radical (unpaired) electrons. The third kappa shape index (κ3) is 7.08. The minimum atomic E-state index is -4.07. The molecule has 0 spiro atoms. The highest BCUT2D eigenvalue weighted by Crippen LogP contribution is 2.30. The van der Waals surface area contributed by atoms with E-state index in [1.807, 2.05) is 0 Å². The van der Waals surface area contributed by atoms with E-state index in [-0.39, 0.29) is 33.7 Å². The fourth-order valence-corrected chi connectivity index (χ4v) is 7.02. The number of benzene rings is 3. The van der Waals surface area contributed by atoms with Crippen LogP contribution in [0.2, 0.25) is 5.02 Å². The van der Waals surface area contributed by atoms with Gasteiger partial charge in [-0.15, -0.1) is 0 Å². The molecule has 1 amide bonds. The molecule has 13 heteroatoms. The van der Waals surface area contributed by atoms with Gasteiger partial charge in [-0.05, 0) is 48.5 Å². The number of nitrogens with one attached hydrogen (secondary N) is 1. The summed E-state index contributed by atoms with van der Waals surface area (Å²) in [5.74, 6) is -0.125. The van der Waals surface area contributed by atoms with Crippen molar-refractivity contribution in [2.75, 3.05) is 50.3 Å².